The number of amides is 1. The Labute approximate surface area is 103 Å². The van der Waals surface area contributed by atoms with Crippen molar-refractivity contribution in [3.05, 3.63) is 39.7 Å². The Morgan fingerprint density at radius 2 is 2.40 bits per heavy atom. The maximum atomic E-state index is 11.6. The van der Waals surface area contributed by atoms with Crippen molar-refractivity contribution in [1.82, 2.24) is 10.3 Å². The average Bonchev–Trinajstić information content (AvgIpc) is 2.24. The lowest BCUT2D eigenvalue weighted by Crippen LogP contribution is -2.24. The molecule has 0 spiro atoms. The number of aromatic nitrogens is 1. The van der Waals surface area contributed by atoms with E-state index in [2.05, 4.69) is 32.9 Å². The molecule has 0 aromatic carbocycles. The van der Waals surface area contributed by atoms with Gasteiger partial charge in [-0.25, -0.2) is 0 Å². The van der Waals surface area contributed by atoms with Crippen LogP contribution in [-0.4, -0.2) is 17.4 Å². The first-order valence-electron chi connectivity index (χ1n) is 4.74. The summed E-state index contributed by atoms with van der Waals surface area (Å²) in [6.07, 6.45) is 8.15. The van der Waals surface area contributed by atoms with E-state index in [1.54, 1.807) is 12.4 Å². The topological polar surface area (TPSA) is 42.0 Å². The van der Waals surface area contributed by atoms with E-state index in [0.717, 1.165) is 9.99 Å². The molecule has 3 nitrogen and oxygen atoms in total. The Kier molecular flexibility index (Phi) is 5.31. The normalized spacial score (nSPS) is 10.5. The highest BCUT2D eigenvalue weighted by atomic mass is 127. The summed E-state index contributed by atoms with van der Waals surface area (Å²) in [4.78, 5) is 15.5. The van der Waals surface area contributed by atoms with Crippen molar-refractivity contribution in [3.8, 4) is 0 Å². The highest BCUT2D eigenvalue weighted by molar-refractivity contribution is 14.1. The zero-order valence-corrected chi connectivity index (χ0v) is 10.7. The van der Waals surface area contributed by atoms with Crippen LogP contribution in [0.1, 0.15) is 23.7 Å². The molecule has 80 valence electrons. The number of rotatable bonds is 4. The molecule has 0 fully saturated rings. The van der Waals surface area contributed by atoms with Gasteiger partial charge in [0.25, 0.3) is 5.91 Å². The molecule has 0 radical (unpaired) electrons. The largest absolute Gasteiger partial charge is 0.352 e. The molecule has 1 aromatic heterocycles. The zero-order chi connectivity index (χ0) is 11.1. The molecule has 1 aromatic rings. The Balaban J connectivity index is 2.47. The molecule has 0 aliphatic carbocycles. The molecule has 1 rings (SSSR count). The summed E-state index contributed by atoms with van der Waals surface area (Å²) in [7, 11) is 0. The monoisotopic (exact) mass is 316 g/mol. The summed E-state index contributed by atoms with van der Waals surface area (Å²) >= 11 is 2.14. The summed E-state index contributed by atoms with van der Waals surface area (Å²) in [5, 5.41) is 2.83. The molecule has 0 unspecified atom stereocenters. The molecular formula is C11H13IN2O. The van der Waals surface area contributed by atoms with Crippen LogP contribution in [0.5, 0.6) is 0 Å². The van der Waals surface area contributed by atoms with Crippen molar-refractivity contribution in [2.75, 3.05) is 6.54 Å². The van der Waals surface area contributed by atoms with E-state index in [4.69, 9.17) is 0 Å². The summed E-state index contributed by atoms with van der Waals surface area (Å²) < 4.78 is 0.966. The molecule has 4 heteroatoms. The Hall–Kier alpha value is -0.910. The smallest absolute Gasteiger partial charge is 0.252 e. The molecule has 0 saturated carbocycles. The summed E-state index contributed by atoms with van der Waals surface area (Å²) in [5.41, 5.74) is 0.613. The van der Waals surface area contributed by atoms with Gasteiger partial charge in [-0.05, 0) is 42.0 Å². The predicted octanol–water partition coefficient (Wildman–Crippen LogP) is 2.38. The lowest BCUT2D eigenvalue weighted by Gasteiger charge is -2.02. The van der Waals surface area contributed by atoms with Gasteiger partial charge in [0.05, 0.1) is 5.56 Å². The van der Waals surface area contributed by atoms with Gasteiger partial charge in [0.15, 0.2) is 0 Å². The number of halogens is 1. The molecule has 1 amide bonds. The molecule has 0 aliphatic rings. The molecular weight excluding hydrogens is 303 g/mol. The minimum absolute atomic E-state index is 0.0643. The second-order valence-electron chi connectivity index (χ2n) is 3.01. The Bertz CT molecular complexity index is 363. The van der Waals surface area contributed by atoms with Gasteiger partial charge in [-0.15, -0.1) is 0 Å². The third kappa shape index (κ3) is 4.42. The van der Waals surface area contributed by atoms with Gasteiger partial charge in [-0.1, -0.05) is 12.2 Å². The van der Waals surface area contributed by atoms with E-state index >= 15 is 0 Å². The van der Waals surface area contributed by atoms with E-state index in [1.807, 2.05) is 25.1 Å². The number of hydrogen-bond acceptors (Lipinski definition) is 2. The molecule has 0 saturated heterocycles. The van der Waals surface area contributed by atoms with Crippen LogP contribution in [-0.2, 0) is 0 Å². The lowest BCUT2D eigenvalue weighted by atomic mass is 10.2. The first kappa shape index (κ1) is 12.2. The standard InChI is InChI=1S/C11H13IN2O/c1-2-3-4-5-14-11(15)9-6-10(12)8-13-7-9/h2-3,6-8H,4-5H2,1H3,(H,14,15). The van der Waals surface area contributed by atoms with E-state index < -0.39 is 0 Å². The Morgan fingerprint density at radius 3 is 3.07 bits per heavy atom. The lowest BCUT2D eigenvalue weighted by molar-refractivity contribution is 0.0954. The van der Waals surface area contributed by atoms with Crippen molar-refractivity contribution in [2.24, 2.45) is 0 Å². The third-order valence-electron chi connectivity index (χ3n) is 1.80. The quantitative estimate of drug-likeness (QED) is 0.526. The summed E-state index contributed by atoms with van der Waals surface area (Å²) in [6, 6.07) is 1.82. The first-order valence-corrected chi connectivity index (χ1v) is 5.82. The molecule has 0 atom stereocenters. The first-order chi connectivity index (χ1) is 7.24. The van der Waals surface area contributed by atoms with Crippen molar-refractivity contribution >= 4 is 28.5 Å². The number of carbonyl (C=O) groups is 1. The highest BCUT2D eigenvalue weighted by Crippen LogP contribution is 2.05. The van der Waals surface area contributed by atoms with Gasteiger partial charge in [0.1, 0.15) is 0 Å². The number of hydrogen-bond donors (Lipinski definition) is 1. The molecule has 15 heavy (non-hydrogen) atoms. The second kappa shape index (κ2) is 6.55. The van der Waals surface area contributed by atoms with Gasteiger partial charge in [0.2, 0.25) is 0 Å². The molecule has 0 bridgehead atoms. The number of allylic oxidation sites excluding steroid dienone is 1. The number of pyridine rings is 1. The van der Waals surface area contributed by atoms with E-state index in [9.17, 15) is 4.79 Å². The molecule has 0 aliphatic heterocycles. The highest BCUT2D eigenvalue weighted by Gasteiger charge is 2.04. The van der Waals surface area contributed by atoms with Crippen molar-refractivity contribution in [3.63, 3.8) is 0 Å². The van der Waals surface area contributed by atoms with Crippen molar-refractivity contribution in [2.45, 2.75) is 13.3 Å². The predicted molar refractivity (Wildman–Crippen MR) is 68.7 cm³/mol. The number of nitrogens with zero attached hydrogens (tertiary/aromatic N) is 1. The fourth-order valence-corrected chi connectivity index (χ4v) is 1.57. The molecule has 1 N–H and O–H groups in total. The van der Waals surface area contributed by atoms with E-state index in [-0.39, 0.29) is 5.91 Å². The van der Waals surface area contributed by atoms with Gasteiger partial charge in [0, 0.05) is 22.5 Å². The van der Waals surface area contributed by atoms with Crippen molar-refractivity contribution < 1.29 is 4.79 Å². The van der Waals surface area contributed by atoms with Gasteiger partial charge >= 0.3 is 0 Å². The average molecular weight is 316 g/mol. The van der Waals surface area contributed by atoms with E-state index in [1.165, 1.54) is 0 Å². The van der Waals surface area contributed by atoms with E-state index in [0.29, 0.717) is 12.1 Å². The number of nitrogens with one attached hydrogen (secondary N) is 1. The SMILES string of the molecule is CC=CCCNC(=O)c1cncc(I)c1. The fourth-order valence-electron chi connectivity index (χ4n) is 1.07. The summed E-state index contributed by atoms with van der Waals surface area (Å²) in [6.45, 7) is 2.62. The number of carbonyl (C=O) groups excluding carboxylic acids is 1. The minimum Gasteiger partial charge on any atom is -0.352 e. The third-order valence-corrected chi connectivity index (χ3v) is 2.39. The van der Waals surface area contributed by atoms with Crippen molar-refractivity contribution in [1.29, 1.82) is 0 Å². The van der Waals surface area contributed by atoms with Crippen LogP contribution in [0.15, 0.2) is 30.6 Å². The second-order valence-corrected chi connectivity index (χ2v) is 4.25. The fraction of sp³-hybridized carbons (Fsp3) is 0.273. The van der Waals surface area contributed by atoms with Crippen LogP contribution in [0, 0.1) is 3.57 Å². The van der Waals surface area contributed by atoms with Crippen LogP contribution in [0.3, 0.4) is 0 Å². The minimum atomic E-state index is -0.0643. The molecule has 1 heterocycles. The van der Waals surface area contributed by atoms with Crippen LogP contribution >= 0.6 is 22.6 Å². The zero-order valence-electron chi connectivity index (χ0n) is 8.53. The van der Waals surface area contributed by atoms with Crippen LogP contribution < -0.4 is 5.32 Å². The summed E-state index contributed by atoms with van der Waals surface area (Å²) in [5.74, 6) is -0.0643. The Morgan fingerprint density at radius 1 is 1.60 bits per heavy atom. The maximum Gasteiger partial charge on any atom is 0.252 e. The van der Waals surface area contributed by atoms with Crippen LogP contribution in [0.25, 0.3) is 0 Å². The van der Waals surface area contributed by atoms with Gasteiger partial charge in [-0.2, -0.15) is 0 Å². The van der Waals surface area contributed by atoms with Crippen LogP contribution in [0.4, 0.5) is 0 Å². The van der Waals surface area contributed by atoms with Gasteiger partial charge in [-0.3, -0.25) is 9.78 Å². The van der Waals surface area contributed by atoms with Crippen LogP contribution in [0.2, 0.25) is 0 Å². The maximum absolute atomic E-state index is 11.6. The van der Waals surface area contributed by atoms with Gasteiger partial charge < -0.3 is 5.32 Å².